The van der Waals surface area contributed by atoms with Gasteiger partial charge in [0.15, 0.2) is 5.17 Å². The third-order valence-electron chi connectivity index (χ3n) is 6.35. The molecule has 5 heteroatoms. The van der Waals surface area contributed by atoms with Gasteiger partial charge >= 0.3 is 0 Å². The number of thioether (sulfide) groups is 1. The molecule has 128 valence electrons. The number of amides is 1. The largest absolute Gasteiger partial charge is 0.315 e. The van der Waals surface area contributed by atoms with Crippen LogP contribution in [0.25, 0.3) is 5.70 Å². The van der Waals surface area contributed by atoms with E-state index < -0.39 is 0 Å². The molecular weight excluding hydrogens is 330 g/mol. The summed E-state index contributed by atoms with van der Waals surface area (Å²) < 4.78 is 0. The molecule has 0 aromatic heterocycles. The van der Waals surface area contributed by atoms with Crippen molar-refractivity contribution in [3.8, 4) is 0 Å². The molecule has 25 heavy (non-hydrogen) atoms. The molecule has 1 fully saturated rings. The third-order valence-corrected chi connectivity index (χ3v) is 7.20. The fraction of sp³-hybridized carbons (Fsp3) is 0.500. The van der Waals surface area contributed by atoms with E-state index in [9.17, 15) is 4.79 Å². The number of fused-ring (bicyclic) bond motifs is 3. The first-order valence-electron chi connectivity index (χ1n) is 9.50. The number of aliphatic imine (C=N–C) groups is 1. The minimum Gasteiger partial charge on any atom is -0.315 e. The summed E-state index contributed by atoms with van der Waals surface area (Å²) in [5.41, 5.74) is 6.41. The van der Waals surface area contributed by atoms with Crippen LogP contribution in [0.2, 0.25) is 0 Å². The van der Waals surface area contributed by atoms with Gasteiger partial charge < -0.3 is 9.80 Å². The first-order valence-corrected chi connectivity index (χ1v) is 10.4. The van der Waals surface area contributed by atoms with E-state index in [1.54, 1.807) is 11.8 Å². The van der Waals surface area contributed by atoms with E-state index in [1.165, 1.54) is 58.9 Å². The quantitative estimate of drug-likeness (QED) is 0.776. The Labute approximate surface area is 152 Å². The minimum atomic E-state index is 0.277. The van der Waals surface area contributed by atoms with Gasteiger partial charge in [0.1, 0.15) is 0 Å². The number of rotatable bonds is 1. The lowest BCUT2D eigenvalue weighted by atomic mass is 9.90. The van der Waals surface area contributed by atoms with Crippen molar-refractivity contribution in [2.75, 3.05) is 11.4 Å². The molecule has 1 amide bonds. The SMILES string of the molecule is O=C1Cc2cc(C3=CSC4=N[C@@H]5CCCC[C@@H]5N34)cc3c2N1CCC3. The van der Waals surface area contributed by atoms with Crippen LogP contribution in [0, 0.1) is 0 Å². The number of carbonyl (C=O) groups is 1. The highest BCUT2D eigenvalue weighted by Crippen LogP contribution is 2.46. The Morgan fingerprint density at radius 1 is 1.12 bits per heavy atom. The first kappa shape index (κ1) is 14.4. The Balaban J connectivity index is 1.42. The van der Waals surface area contributed by atoms with E-state index in [2.05, 4.69) is 22.4 Å². The Bertz CT molecular complexity index is 859. The molecule has 0 bridgehead atoms. The molecule has 1 aromatic carbocycles. The predicted molar refractivity (Wildman–Crippen MR) is 102 cm³/mol. The van der Waals surface area contributed by atoms with Gasteiger partial charge in [-0.15, -0.1) is 0 Å². The van der Waals surface area contributed by atoms with Crippen molar-refractivity contribution in [2.24, 2.45) is 4.99 Å². The smallest absolute Gasteiger partial charge is 0.231 e. The second kappa shape index (κ2) is 5.13. The molecule has 0 N–H and O–H groups in total. The topological polar surface area (TPSA) is 35.9 Å². The molecule has 1 saturated carbocycles. The van der Waals surface area contributed by atoms with Gasteiger partial charge in [-0.3, -0.25) is 9.79 Å². The lowest BCUT2D eigenvalue weighted by Gasteiger charge is -2.32. The van der Waals surface area contributed by atoms with Gasteiger partial charge in [-0.1, -0.05) is 24.6 Å². The minimum absolute atomic E-state index is 0.277. The molecule has 0 spiro atoms. The predicted octanol–water partition coefficient (Wildman–Crippen LogP) is 3.55. The van der Waals surface area contributed by atoms with Crippen LogP contribution in [0.1, 0.15) is 48.8 Å². The number of aryl methyl sites for hydroxylation is 1. The summed E-state index contributed by atoms with van der Waals surface area (Å²) in [5, 5.41) is 3.47. The zero-order valence-electron chi connectivity index (χ0n) is 14.2. The third kappa shape index (κ3) is 1.96. The lowest BCUT2D eigenvalue weighted by molar-refractivity contribution is -0.117. The molecule has 4 aliphatic heterocycles. The average Bonchev–Trinajstić information content (AvgIpc) is 3.28. The van der Waals surface area contributed by atoms with Gasteiger partial charge in [0.2, 0.25) is 5.91 Å². The number of carbonyl (C=O) groups excluding carboxylic acids is 1. The molecule has 5 aliphatic rings. The fourth-order valence-electron chi connectivity index (χ4n) is 5.26. The molecule has 1 aliphatic carbocycles. The number of amidine groups is 1. The van der Waals surface area contributed by atoms with E-state index in [1.807, 2.05) is 4.90 Å². The van der Waals surface area contributed by atoms with Gasteiger partial charge in [0, 0.05) is 12.0 Å². The van der Waals surface area contributed by atoms with Crippen molar-refractivity contribution in [3.05, 3.63) is 34.2 Å². The maximum atomic E-state index is 12.3. The van der Waals surface area contributed by atoms with Crippen molar-refractivity contribution in [1.29, 1.82) is 0 Å². The highest BCUT2D eigenvalue weighted by molar-refractivity contribution is 8.16. The summed E-state index contributed by atoms with van der Waals surface area (Å²) >= 11 is 1.78. The average molecular weight is 351 g/mol. The number of benzene rings is 1. The van der Waals surface area contributed by atoms with Crippen LogP contribution >= 0.6 is 11.8 Å². The molecule has 4 nitrogen and oxygen atoms in total. The van der Waals surface area contributed by atoms with Crippen LogP contribution in [-0.2, 0) is 17.6 Å². The first-order chi connectivity index (χ1) is 12.3. The van der Waals surface area contributed by atoms with Crippen molar-refractivity contribution < 1.29 is 4.79 Å². The highest BCUT2D eigenvalue weighted by atomic mass is 32.2. The van der Waals surface area contributed by atoms with Gasteiger partial charge in [0.05, 0.1) is 29.9 Å². The van der Waals surface area contributed by atoms with Crippen molar-refractivity contribution in [1.82, 2.24) is 4.90 Å². The zero-order chi connectivity index (χ0) is 16.5. The normalized spacial score (nSPS) is 29.4. The van der Waals surface area contributed by atoms with Crippen LogP contribution in [0.3, 0.4) is 0 Å². The standard InChI is InChI=1S/C20H21N3OS/c24-18-10-14-9-13(8-12-4-3-7-22(18)19(12)14)17-11-25-20-21-15-5-1-2-6-16(15)23(17)20/h8-9,11,15-16H,1-7,10H2/t15-,16+/m1/s1. The summed E-state index contributed by atoms with van der Waals surface area (Å²) in [4.78, 5) is 21.8. The number of hydrogen-bond acceptors (Lipinski definition) is 4. The fourth-order valence-corrected chi connectivity index (χ4v) is 6.27. The maximum absolute atomic E-state index is 12.3. The van der Waals surface area contributed by atoms with E-state index >= 15 is 0 Å². The van der Waals surface area contributed by atoms with E-state index in [-0.39, 0.29) is 5.91 Å². The van der Waals surface area contributed by atoms with E-state index in [4.69, 9.17) is 4.99 Å². The zero-order valence-corrected chi connectivity index (χ0v) is 15.0. The second-order valence-corrected chi connectivity index (χ2v) is 8.63. The molecule has 2 atom stereocenters. The number of hydrogen-bond donors (Lipinski definition) is 0. The summed E-state index contributed by atoms with van der Waals surface area (Å²) in [7, 11) is 0. The van der Waals surface area contributed by atoms with Gasteiger partial charge in [-0.25, -0.2) is 0 Å². The van der Waals surface area contributed by atoms with E-state index in [0.29, 0.717) is 18.5 Å². The Hall–Kier alpha value is -1.75. The van der Waals surface area contributed by atoms with Gasteiger partial charge in [-0.2, -0.15) is 0 Å². The van der Waals surface area contributed by atoms with Crippen LogP contribution in [0.5, 0.6) is 0 Å². The van der Waals surface area contributed by atoms with Gasteiger partial charge in [0.25, 0.3) is 0 Å². The number of anilines is 1. The van der Waals surface area contributed by atoms with Crippen LogP contribution in [0.15, 0.2) is 22.5 Å². The van der Waals surface area contributed by atoms with Crippen molar-refractivity contribution in [2.45, 2.75) is 57.0 Å². The van der Waals surface area contributed by atoms with Gasteiger partial charge in [-0.05, 0) is 54.5 Å². The Kier molecular flexibility index (Phi) is 2.96. The lowest BCUT2D eigenvalue weighted by Crippen LogP contribution is -2.38. The summed E-state index contributed by atoms with van der Waals surface area (Å²) in [6, 6.07) is 5.65. The van der Waals surface area contributed by atoms with E-state index in [0.717, 1.165) is 19.4 Å². The Morgan fingerprint density at radius 3 is 2.96 bits per heavy atom. The summed E-state index contributed by atoms with van der Waals surface area (Å²) in [5.74, 6) is 0.277. The molecule has 0 saturated heterocycles. The monoisotopic (exact) mass is 351 g/mol. The number of nitrogens with zero attached hydrogens (tertiary/aromatic N) is 3. The highest BCUT2D eigenvalue weighted by Gasteiger charge is 2.42. The molecule has 0 radical (unpaired) electrons. The van der Waals surface area contributed by atoms with Crippen molar-refractivity contribution >= 4 is 34.2 Å². The molecular formula is C20H21N3OS. The van der Waals surface area contributed by atoms with Crippen LogP contribution in [-0.4, -0.2) is 34.6 Å². The summed E-state index contributed by atoms with van der Waals surface area (Å²) in [6.45, 7) is 0.892. The molecule has 0 unspecified atom stereocenters. The molecule has 6 rings (SSSR count). The van der Waals surface area contributed by atoms with Crippen LogP contribution < -0.4 is 4.90 Å². The molecule has 4 heterocycles. The molecule has 1 aromatic rings. The Morgan fingerprint density at radius 2 is 2.00 bits per heavy atom. The van der Waals surface area contributed by atoms with Crippen LogP contribution in [0.4, 0.5) is 5.69 Å². The van der Waals surface area contributed by atoms with Crippen molar-refractivity contribution in [3.63, 3.8) is 0 Å². The summed E-state index contributed by atoms with van der Waals surface area (Å²) in [6.07, 6.45) is 7.86. The maximum Gasteiger partial charge on any atom is 0.231 e. The second-order valence-electron chi connectivity index (χ2n) is 7.79.